The number of fused-ring (bicyclic) bond motifs is 6. The Labute approximate surface area is 127 Å². The van der Waals surface area contributed by atoms with E-state index in [1.807, 2.05) is 0 Å². The van der Waals surface area contributed by atoms with Gasteiger partial charge in [0.2, 0.25) is 0 Å². The van der Waals surface area contributed by atoms with E-state index < -0.39 is 0 Å². The van der Waals surface area contributed by atoms with Crippen LogP contribution in [0.5, 0.6) is 0 Å². The van der Waals surface area contributed by atoms with Crippen molar-refractivity contribution in [1.29, 1.82) is 0 Å². The average Bonchev–Trinajstić information content (AvgIpc) is 3.18. The van der Waals surface area contributed by atoms with E-state index in [2.05, 4.69) is 43.9 Å². The number of aromatic amines is 1. The van der Waals surface area contributed by atoms with Gasteiger partial charge in [-0.15, -0.1) is 0 Å². The van der Waals surface area contributed by atoms with E-state index in [4.69, 9.17) is 0 Å². The molecular weight excluding hydrogens is 278 g/mol. The molecule has 1 saturated carbocycles. The first kappa shape index (κ1) is 12.3. The molecule has 1 N–H and O–H groups in total. The lowest BCUT2D eigenvalue weighted by atomic mass is 9.72. The lowest BCUT2D eigenvalue weighted by molar-refractivity contribution is 0.233. The third-order valence-electron chi connectivity index (χ3n) is 5.94. The van der Waals surface area contributed by atoms with E-state index in [0.717, 1.165) is 18.9 Å². The summed E-state index contributed by atoms with van der Waals surface area (Å²) in [5.74, 6) is 2.87. The molecule has 3 aliphatic rings. The first-order valence-corrected chi connectivity index (χ1v) is 7.79. The highest BCUT2D eigenvalue weighted by atomic mass is 16.1. The third kappa shape index (κ3) is 1.44. The molecule has 6 heteroatoms. The van der Waals surface area contributed by atoms with E-state index >= 15 is 0 Å². The van der Waals surface area contributed by atoms with Gasteiger partial charge in [-0.3, -0.25) is 4.79 Å². The summed E-state index contributed by atoms with van der Waals surface area (Å²) in [5, 5.41) is 0. The van der Waals surface area contributed by atoms with Gasteiger partial charge in [-0.2, -0.15) is 0 Å². The fourth-order valence-corrected chi connectivity index (χ4v) is 4.74. The van der Waals surface area contributed by atoms with Crippen LogP contribution in [0.3, 0.4) is 0 Å². The van der Waals surface area contributed by atoms with Gasteiger partial charge in [-0.05, 0) is 29.6 Å². The normalized spacial score (nSPS) is 35.5. The molecule has 0 unspecified atom stereocenters. The molecular formula is C16H17N5O. The number of nitrogens with zero attached hydrogens (tertiary/aromatic N) is 4. The van der Waals surface area contributed by atoms with E-state index in [1.54, 1.807) is 6.20 Å². The second-order valence-corrected chi connectivity index (χ2v) is 7.02. The molecule has 2 fully saturated rings. The van der Waals surface area contributed by atoms with Crippen LogP contribution in [-0.2, 0) is 0 Å². The zero-order chi connectivity index (χ0) is 14.9. The van der Waals surface area contributed by atoms with Crippen LogP contribution in [0.2, 0.25) is 0 Å². The van der Waals surface area contributed by atoms with Gasteiger partial charge in [0.15, 0.2) is 11.2 Å². The lowest BCUT2D eigenvalue weighted by Gasteiger charge is -2.31. The number of hydrogen-bond donors (Lipinski definition) is 1. The number of anilines is 1. The molecule has 0 aromatic carbocycles. The minimum atomic E-state index is -0.230. The fraction of sp³-hybridized carbons (Fsp3) is 0.500. The van der Waals surface area contributed by atoms with Crippen molar-refractivity contribution in [3.63, 3.8) is 0 Å². The molecule has 6 nitrogen and oxygen atoms in total. The van der Waals surface area contributed by atoms with Crippen molar-refractivity contribution in [1.82, 2.24) is 19.9 Å². The predicted octanol–water partition coefficient (Wildman–Crippen LogP) is 1.36. The van der Waals surface area contributed by atoms with Crippen LogP contribution < -0.4 is 10.5 Å². The van der Waals surface area contributed by atoms with Gasteiger partial charge >= 0.3 is 0 Å². The number of hydrogen-bond acceptors (Lipinski definition) is 5. The molecule has 0 radical (unpaired) electrons. The first-order chi connectivity index (χ1) is 10.6. The van der Waals surface area contributed by atoms with E-state index in [1.165, 1.54) is 12.7 Å². The first-order valence-electron chi connectivity index (χ1n) is 7.79. The number of aromatic nitrogens is 4. The molecule has 4 atom stereocenters. The lowest BCUT2D eigenvalue weighted by Crippen LogP contribution is -2.31. The highest BCUT2D eigenvalue weighted by Gasteiger charge is 2.57. The highest BCUT2D eigenvalue weighted by molar-refractivity contribution is 5.69. The molecule has 2 aliphatic carbocycles. The minimum absolute atomic E-state index is 0.230. The Kier molecular flexibility index (Phi) is 2.21. The van der Waals surface area contributed by atoms with Crippen molar-refractivity contribution in [3.8, 4) is 0 Å². The summed E-state index contributed by atoms with van der Waals surface area (Å²) >= 11 is 0. The van der Waals surface area contributed by atoms with Gasteiger partial charge in [-0.1, -0.05) is 19.1 Å². The standard InChI is InChI=1S/C16H17N5O/c1-16-7-21(6-11(16)9-2-3-10(16)4-9)12-5-17-14-13(20-12)15(22)19-8-18-14/h2-3,5,8-11H,4,6-7H2,1H3,(H,17,18,19,22)/t9-,10+,11-,16+/m0/s1. The molecule has 3 heterocycles. The number of allylic oxidation sites excluding steroid dienone is 2. The molecule has 2 aromatic rings. The van der Waals surface area contributed by atoms with Crippen LogP contribution in [0.4, 0.5) is 5.82 Å². The Morgan fingerprint density at radius 1 is 1.36 bits per heavy atom. The van der Waals surface area contributed by atoms with Crippen molar-refractivity contribution in [2.75, 3.05) is 18.0 Å². The van der Waals surface area contributed by atoms with Crippen molar-refractivity contribution in [3.05, 3.63) is 35.0 Å². The molecule has 22 heavy (non-hydrogen) atoms. The smallest absolute Gasteiger partial charge is 0.278 e. The molecule has 2 aromatic heterocycles. The molecule has 0 amide bonds. The van der Waals surface area contributed by atoms with Crippen LogP contribution in [0.25, 0.3) is 11.2 Å². The number of H-pyrrole nitrogens is 1. The van der Waals surface area contributed by atoms with Crippen LogP contribution >= 0.6 is 0 Å². The minimum Gasteiger partial charge on any atom is -0.354 e. The van der Waals surface area contributed by atoms with Crippen LogP contribution in [-0.4, -0.2) is 33.0 Å². The molecule has 1 saturated heterocycles. The second-order valence-electron chi connectivity index (χ2n) is 7.02. The molecule has 2 bridgehead atoms. The van der Waals surface area contributed by atoms with Crippen LogP contribution in [0.1, 0.15) is 13.3 Å². The van der Waals surface area contributed by atoms with Crippen molar-refractivity contribution in [2.24, 2.45) is 23.2 Å². The van der Waals surface area contributed by atoms with Gasteiger partial charge in [-0.25, -0.2) is 15.0 Å². The maximum absolute atomic E-state index is 11.9. The monoisotopic (exact) mass is 295 g/mol. The van der Waals surface area contributed by atoms with Crippen molar-refractivity contribution in [2.45, 2.75) is 13.3 Å². The maximum Gasteiger partial charge on any atom is 0.278 e. The second kappa shape index (κ2) is 3.94. The Morgan fingerprint density at radius 3 is 3.14 bits per heavy atom. The quantitative estimate of drug-likeness (QED) is 0.804. The molecule has 0 spiro atoms. The Balaban J connectivity index is 1.55. The highest BCUT2D eigenvalue weighted by Crippen LogP contribution is 2.59. The predicted molar refractivity (Wildman–Crippen MR) is 82.5 cm³/mol. The summed E-state index contributed by atoms with van der Waals surface area (Å²) in [5.41, 5.74) is 0.826. The van der Waals surface area contributed by atoms with Crippen LogP contribution in [0, 0.1) is 23.2 Å². The number of rotatable bonds is 1. The Hall–Kier alpha value is -2.24. The van der Waals surface area contributed by atoms with Gasteiger partial charge in [0.25, 0.3) is 5.56 Å². The van der Waals surface area contributed by atoms with Gasteiger partial charge in [0.1, 0.15) is 5.82 Å². The zero-order valence-electron chi connectivity index (χ0n) is 12.4. The number of nitrogens with one attached hydrogen (secondary N) is 1. The van der Waals surface area contributed by atoms with Crippen LogP contribution in [0.15, 0.2) is 29.5 Å². The molecule has 5 rings (SSSR count). The average molecular weight is 295 g/mol. The summed E-state index contributed by atoms with van der Waals surface area (Å²) in [6.45, 7) is 4.39. The summed E-state index contributed by atoms with van der Waals surface area (Å²) in [6, 6.07) is 0. The van der Waals surface area contributed by atoms with Crippen molar-refractivity contribution >= 4 is 17.0 Å². The van der Waals surface area contributed by atoms with Gasteiger partial charge in [0.05, 0.1) is 12.5 Å². The SMILES string of the molecule is C[C@]12CN(c3cnc4nc[nH]c(=O)c4n3)C[C@H]1[C@H]1C=C[C@@H]2C1. The summed E-state index contributed by atoms with van der Waals surface area (Å²) in [4.78, 5) is 29.6. The topological polar surface area (TPSA) is 74.8 Å². The van der Waals surface area contributed by atoms with Crippen molar-refractivity contribution < 1.29 is 0 Å². The van der Waals surface area contributed by atoms with E-state index in [9.17, 15) is 4.79 Å². The maximum atomic E-state index is 11.9. The molecule has 1 aliphatic heterocycles. The van der Waals surface area contributed by atoms with Gasteiger partial charge in [0, 0.05) is 13.1 Å². The fourth-order valence-electron chi connectivity index (χ4n) is 4.74. The summed E-state index contributed by atoms with van der Waals surface area (Å²) in [6.07, 6.45) is 9.20. The third-order valence-corrected chi connectivity index (χ3v) is 5.94. The van der Waals surface area contributed by atoms with E-state index in [0.29, 0.717) is 34.3 Å². The zero-order valence-corrected chi connectivity index (χ0v) is 12.4. The Bertz CT molecular complexity index is 859. The molecule has 112 valence electrons. The van der Waals surface area contributed by atoms with Gasteiger partial charge < -0.3 is 9.88 Å². The summed E-state index contributed by atoms with van der Waals surface area (Å²) < 4.78 is 0. The van der Waals surface area contributed by atoms with E-state index in [-0.39, 0.29) is 5.56 Å². The Morgan fingerprint density at radius 2 is 2.27 bits per heavy atom. The summed E-state index contributed by atoms with van der Waals surface area (Å²) in [7, 11) is 0. The largest absolute Gasteiger partial charge is 0.354 e.